The van der Waals surface area contributed by atoms with Gasteiger partial charge in [0.1, 0.15) is 5.82 Å². The topological polar surface area (TPSA) is 41.1 Å². The molecule has 1 aliphatic heterocycles. The summed E-state index contributed by atoms with van der Waals surface area (Å²) in [4.78, 5) is 12.8. The van der Waals surface area contributed by atoms with E-state index in [1.54, 1.807) is 0 Å². The average molecular weight is 369 g/mol. The number of benzene rings is 1. The minimum atomic E-state index is -2.45. The highest BCUT2D eigenvalue weighted by Crippen LogP contribution is 2.30. The molecule has 2 N–H and O–H groups in total. The van der Waals surface area contributed by atoms with E-state index in [0.29, 0.717) is 17.7 Å². The van der Waals surface area contributed by atoms with Crippen molar-refractivity contribution < 1.29 is 18.0 Å². The van der Waals surface area contributed by atoms with Crippen LogP contribution >= 0.6 is 24.2 Å². The molecule has 1 heterocycles. The maximum atomic E-state index is 13.4. The third kappa shape index (κ3) is 6.24. The number of piperidine rings is 1. The molecule has 1 saturated heterocycles. The minimum absolute atomic E-state index is 0. The number of thioether (sulfide) groups is 1. The summed E-state index contributed by atoms with van der Waals surface area (Å²) in [7, 11) is 0. The van der Waals surface area contributed by atoms with E-state index in [4.69, 9.17) is 0 Å². The van der Waals surface area contributed by atoms with Crippen molar-refractivity contribution in [2.24, 2.45) is 5.92 Å². The Kier molecular flexibility index (Phi) is 8.22. The first-order valence-corrected chi connectivity index (χ1v) is 8.19. The van der Waals surface area contributed by atoms with Crippen LogP contribution in [0.2, 0.25) is 0 Å². The fourth-order valence-corrected chi connectivity index (χ4v) is 3.22. The van der Waals surface area contributed by atoms with Gasteiger partial charge >= 0.3 is 0 Å². The van der Waals surface area contributed by atoms with Gasteiger partial charge in [0.15, 0.2) is 0 Å². The van der Waals surface area contributed by atoms with Gasteiger partial charge in [-0.25, -0.2) is 13.2 Å². The van der Waals surface area contributed by atoms with Gasteiger partial charge in [-0.15, -0.1) is 24.2 Å². The second-order valence-electron chi connectivity index (χ2n) is 5.41. The molecule has 23 heavy (non-hydrogen) atoms. The number of hydrogen-bond acceptors (Lipinski definition) is 3. The van der Waals surface area contributed by atoms with Gasteiger partial charge in [-0.2, -0.15) is 0 Å². The first kappa shape index (κ1) is 20.1. The number of hydrogen-bond donors (Lipinski definition) is 2. The molecule has 0 saturated carbocycles. The normalized spacial score (nSPS) is 20.9. The Labute approximate surface area is 144 Å². The molecule has 0 radical (unpaired) electrons. The molecule has 1 aromatic rings. The lowest BCUT2D eigenvalue weighted by Gasteiger charge is -2.27. The molecule has 1 fully saturated rings. The van der Waals surface area contributed by atoms with E-state index in [0.717, 1.165) is 18.3 Å². The Bertz CT molecular complexity index is 533. The quantitative estimate of drug-likeness (QED) is 0.774. The number of carbonyl (C=O) groups is 1. The van der Waals surface area contributed by atoms with Crippen molar-refractivity contribution in [1.29, 1.82) is 0 Å². The summed E-state index contributed by atoms with van der Waals surface area (Å²) in [6.45, 7) is 2.76. The van der Waals surface area contributed by atoms with E-state index in [1.807, 2.05) is 6.92 Å². The van der Waals surface area contributed by atoms with E-state index in [9.17, 15) is 18.0 Å². The van der Waals surface area contributed by atoms with Crippen molar-refractivity contribution in [3.8, 4) is 0 Å². The molecule has 8 heteroatoms. The molecule has 0 aliphatic carbocycles. The maximum absolute atomic E-state index is 13.4. The summed E-state index contributed by atoms with van der Waals surface area (Å²) >= 11 is 0.909. The number of amides is 1. The summed E-state index contributed by atoms with van der Waals surface area (Å²) in [5.74, 6) is -1.22. The van der Waals surface area contributed by atoms with Gasteiger partial charge in [0, 0.05) is 16.9 Å². The van der Waals surface area contributed by atoms with Crippen LogP contribution in [0.5, 0.6) is 0 Å². The van der Waals surface area contributed by atoms with Crippen molar-refractivity contribution in [3.63, 3.8) is 0 Å². The molecule has 0 spiro atoms. The van der Waals surface area contributed by atoms with E-state index in [2.05, 4.69) is 10.6 Å². The molecule has 3 nitrogen and oxygen atoms in total. The number of rotatable bonds is 5. The van der Waals surface area contributed by atoms with Crippen LogP contribution in [-0.2, 0) is 4.79 Å². The molecular weight excluding hydrogens is 349 g/mol. The first-order chi connectivity index (χ1) is 10.5. The summed E-state index contributed by atoms with van der Waals surface area (Å²) in [5.41, 5.74) is 0.266. The van der Waals surface area contributed by atoms with Gasteiger partial charge in [-0.3, -0.25) is 4.79 Å². The van der Waals surface area contributed by atoms with Crippen molar-refractivity contribution >= 4 is 35.8 Å². The summed E-state index contributed by atoms with van der Waals surface area (Å²) < 4.78 is 38.1. The monoisotopic (exact) mass is 368 g/mol. The average Bonchev–Trinajstić information content (AvgIpc) is 2.46. The smallest absolute Gasteiger partial charge is 0.247 e. The molecule has 2 atom stereocenters. The summed E-state index contributed by atoms with van der Waals surface area (Å²) in [5, 5.41) is 5.95. The third-order valence-corrected chi connectivity index (χ3v) is 4.64. The molecule has 0 unspecified atom stereocenters. The van der Waals surface area contributed by atoms with E-state index < -0.39 is 12.2 Å². The lowest BCUT2D eigenvalue weighted by Crippen LogP contribution is -2.40. The van der Waals surface area contributed by atoms with Gasteiger partial charge in [-0.1, -0.05) is 0 Å². The van der Waals surface area contributed by atoms with Gasteiger partial charge in [0.05, 0.1) is 11.4 Å². The van der Waals surface area contributed by atoms with Gasteiger partial charge in [-0.05, 0) is 44.5 Å². The van der Waals surface area contributed by atoms with Crippen molar-refractivity contribution in [3.05, 3.63) is 24.0 Å². The molecule has 1 aliphatic rings. The van der Waals surface area contributed by atoms with E-state index in [-0.39, 0.29) is 41.7 Å². The van der Waals surface area contributed by atoms with Crippen LogP contribution in [0.4, 0.5) is 18.9 Å². The Morgan fingerprint density at radius 3 is 2.87 bits per heavy atom. The fourth-order valence-electron chi connectivity index (χ4n) is 2.48. The number of anilines is 1. The number of carbonyl (C=O) groups excluding carboxylic acids is 1. The minimum Gasteiger partial charge on any atom is -0.325 e. The third-order valence-electron chi connectivity index (χ3n) is 3.56. The predicted octanol–water partition coefficient (Wildman–Crippen LogP) is 3.93. The second kappa shape index (κ2) is 9.39. The van der Waals surface area contributed by atoms with E-state index >= 15 is 0 Å². The van der Waals surface area contributed by atoms with E-state index in [1.165, 1.54) is 18.2 Å². The second-order valence-corrected chi connectivity index (χ2v) is 6.47. The van der Waals surface area contributed by atoms with Crippen molar-refractivity contribution in [2.45, 2.75) is 37.1 Å². The van der Waals surface area contributed by atoms with Gasteiger partial charge in [0.2, 0.25) is 12.3 Å². The molecule has 1 amide bonds. The molecule has 0 aromatic heterocycles. The predicted molar refractivity (Wildman–Crippen MR) is 89.2 cm³/mol. The van der Waals surface area contributed by atoms with Crippen LogP contribution in [0.15, 0.2) is 23.1 Å². The van der Waals surface area contributed by atoms with Crippen LogP contribution < -0.4 is 10.6 Å². The standard InChI is InChI=1S/C15H19F3N2OS.ClH/c1-9-6-10(4-5-19-9)15(21)20-12-7-11(16)2-3-13(12)22-8-14(17)18;/h2-3,7,9-10,14,19H,4-6,8H2,1H3,(H,20,21);1H/t9-,10-;/m0./s1. The number of alkyl halides is 2. The van der Waals surface area contributed by atoms with Crippen LogP contribution in [0.3, 0.4) is 0 Å². The molecule has 2 rings (SSSR count). The molecule has 130 valence electrons. The molecular formula is C15H20ClF3N2OS. The SMILES string of the molecule is C[C@H]1C[C@@H](C(=O)Nc2cc(F)ccc2SCC(F)F)CCN1.Cl. The van der Waals surface area contributed by atoms with Gasteiger partial charge < -0.3 is 10.6 Å². The zero-order valence-electron chi connectivity index (χ0n) is 12.7. The number of halogens is 4. The fraction of sp³-hybridized carbons (Fsp3) is 0.533. The largest absolute Gasteiger partial charge is 0.325 e. The number of nitrogens with one attached hydrogen (secondary N) is 2. The maximum Gasteiger partial charge on any atom is 0.247 e. The van der Waals surface area contributed by atoms with Crippen LogP contribution in [0, 0.1) is 11.7 Å². The Balaban J connectivity index is 0.00000264. The lowest BCUT2D eigenvalue weighted by atomic mass is 9.92. The lowest BCUT2D eigenvalue weighted by molar-refractivity contribution is -0.120. The van der Waals surface area contributed by atoms with Crippen molar-refractivity contribution in [1.82, 2.24) is 5.32 Å². The van der Waals surface area contributed by atoms with Crippen LogP contribution in [0.1, 0.15) is 19.8 Å². The zero-order chi connectivity index (χ0) is 16.1. The van der Waals surface area contributed by atoms with Gasteiger partial charge in [0.25, 0.3) is 0 Å². The summed E-state index contributed by atoms with van der Waals surface area (Å²) in [6.07, 6.45) is -1.03. The van der Waals surface area contributed by atoms with Crippen LogP contribution in [-0.4, -0.2) is 30.7 Å². The van der Waals surface area contributed by atoms with Crippen molar-refractivity contribution in [2.75, 3.05) is 17.6 Å². The Hall–Kier alpha value is -0.920. The molecule has 1 aromatic carbocycles. The van der Waals surface area contributed by atoms with Crippen LogP contribution in [0.25, 0.3) is 0 Å². The highest BCUT2D eigenvalue weighted by atomic mass is 35.5. The molecule has 0 bridgehead atoms. The highest BCUT2D eigenvalue weighted by Gasteiger charge is 2.25. The first-order valence-electron chi connectivity index (χ1n) is 7.20. The Morgan fingerprint density at radius 2 is 2.22 bits per heavy atom. The zero-order valence-corrected chi connectivity index (χ0v) is 14.3. The Morgan fingerprint density at radius 1 is 1.48 bits per heavy atom. The highest BCUT2D eigenvalue weighted by molar-refractivity contribution is 7.99. The summed E-state index contributed by atoms with van der Waals surface area (Å²) in [6, 6.07) is 4.06.